The molecule has 7 rings (SSSR count). The van der Waals surface area contributed by atoms with Crippen LogP contribution >= 0.6 is 0 Å². The standard InChI is InChI=1S/C42H32O11/c43-37(27-16-6-1-7-17-27)49-32-33(50-38(44)28-18-8-2-9-19-28)35(52-40(46)30-22-12-4-13-23-30)42(26-48-42)36(53-41(47)31-24-14-5-15-25-31)34(32)51-39(45)29-20-10-3-11-21-29/h1-25,32-36H,26H2/t32?,33-,34+,35+,36-,42?. The third-order valence-corrected chi connectivity index (χ3v) is 8.93. The second-order valence-corrected chi connectivity index (χ2v) is 12.3. The Labute approximate surface area is 304 Å². The van der Waals surface area contributed by atoms with Crippen molar-refractivity contribution in [1.29, 1.82) is 0 Å². The van der Waals surface area contributed by atoms with Crippen molar-refractivity contribution in [3.8, 4) is 0 Å². The summed E-state index contributed by atoms with van der Waals surface area (Å²) in [6, 6.07) is 40.1. The molecule has 53 heavy (non-hydrogen) atoms. The molecule has 11 heteroatoms. The molecular weight excluding hydrogens is 680 g/mol. The number of benzene rings is 5. The highest BCUT2D eigenvalue weighted by molar-refractivity contribution is 5.93. The van der Waals surface area contributed by atoms with Gasteiger partial charge in [0.2, 0.25) is 0 Å². The van der Waals surface area contributed by atoms with Crippen LogP contribution in [-0.2, 0) is 28.4 Å². The first-order chi connectivity index (χ1) is 25.8. The van der Waals surface area contributed by atoms with E-state index in [-0.39, 0.29) is 34.4 Å². The average molecular weight is 713 g/mol. The van der Waals surface area contributed by atoms with Crippen LogP contribution in [0.2, 0.25) is 0 Å². The number of esters is 5. The predicted octanol–water partition coefficient (Wildman–Crippen LogP) is 5.90. The molecule has 0 amide bonds. The van der Waals surface area contributed by atoms with E-state index in [0.29, 0.717) is 0 Å². The topological polar surface area (TPSA) is 144 Å². The predicted molar refractivity (Wildman–Crippen MR) is 187 cm³/mol. The highest BCUT2D eigenvalue weighted by atomic mass is 16.7. The van der Waals surface area contributed by atoms with E-state index >= 15 is 0 Å². The Hall–Kier alpha value is -6.59. The quantitative estimate of drug-likeness (QED) is 0.0970. The SMILES string of the molecule is O=C(OC1[C@@H](OC(=O)c2ccccc2)[C@H](OC(=O)c2ccccc2)C2(CO2)[C@H](OC(=O)c2ccccc2)[C@H]1OC(=O)c1ccccc1)c1ccccc1. The third-order valence-electron chi connectivity index (χ3n) is 8.93. The molecule has 0 N–H and O–H groups in total. The molecule has 2 aliphatic rings. The van der Waals surface area contributed by atoms with E-state index in [1.54, 1.807) is 91.0 Å². The Morgan fingerprint density at radius 3 is 0.849 bits per heavy atom. The van der Waals surface area contributed by atoms with Crippen LogP contribution in [0.25, 0.3) is 0 Å². The van der Waals surface area contributed by atoms with Crippen molar-refractivity contribution in [3.05, 3.63) is 179 Å². The number of ether oxygens (including phenoxy) is 6. The molecule has 2 fully saturated rings. The molecule has 1 saturated heterocycles. The lowest BCUT2D eigenvalue weighted by Crippen LogP contribution is -2.70. The van der Waals surface area contributed by atoms with Crippen LogP contribution < -0.4 is 0 Å². The van der Waals surface area contributed by atoms with Gasteiger partial charge in [0, 0.05) is 0 Å². The molecule has 1 aliphatic heterocycles. The number of rotatable bonds is 10. The van der Waals surface area contributed by atoms with Gasteiger partial charge in [0.1, 0.15) is 0 Å². The fraction of sp³-hybridized carbons (Fsp3) is 0.167. The smallest absolute Gasteiger partial charge is 0.338 e. The van der Waals surface area contributed by atoms with E-state index in [1.165, 1.54) is 60.7 Å². The van der Waals surface area contributed by atoms with Crippen LogP contribution in [0.1, 0.15) is 51.8 Å². The zero-order valence-corrected chi connectivity index (χ0v) is 28.0. The number of carbonyl (C=O) groups is 5. The third kappa shape index (κ3) is 7.56. The van der Waals surface area contributed by atoms with E-state index in [1.807, 2.05) is 0 Å². The minimum Gasteiger partial charge on any atom is -0.451 e. The van der Waals surface area contributed by atoms with Crippen LogP contribution in [-0.4, -0.2) is 72.6 Å². The zero-order valence-electron chi connectivity index (χ0n) is 28.0. The van der Waals surface area contributed by atoms with E-state index in [2.05, 4.69) is 0 Å². The number of epoxide rings is 1. The van der Waals surface area contributed by atoms with Gasteiger partial charge in [-0.3, -0.25) is 0 Å². The summed E-state index contributed by atoms with van der Waals surface area (Å²) in [6.07, 6.45) is -8.09. The first kappa shape index (κ1) is 34.8. The summed E-state index contributed by atoms with van der Waals surface area (Å²) < 4.78 is 36.6. The Morgan fingerprint density at radius 1 is 0.377 bits per heavy atom. The van der Waals surface area contributed by atoms with Crippen molar-refractivity contribution in [2.24, 2.45) is 0 Å². The van der Waals surface area contributed by atoms with Crippen molar-refractivity contribution in [2.75, 3.05) is 6.61 Å². The largest absolute Gasteiger partial charge is 0.451 e. The van der Waals surface area contributed by atoms with Gasteiger partial charge < -0.3 is 28.4 Å². The van der Waals surface area contributed by atoms with Gasteiger partial charge >= 0.3 is 29.8 Å². The average Bonchev–Trinajstić information content (AvgIpc) is 4.02. The first-order valence-corrected chi connectivity index (χ1v) is 16.8. The first-order valence-electron chi connectivity index (χ1n) is 16.8. The Bertz CT molecular complexity index is 1950. The molecule has 5 aromatic carbocycles. The number of hydrogen-bond acceptors (Lipinski definition) is 11. The number of hydrogen-bond donors (Lipinski definition) is 0. The summed E-state index contributed by atoms with van der Waals surface area (Å²) in [6.45, 7) is -0.176. The molecule has 6 atom stereocenters. The lowest BCUT2D eigenvalue weighted by molar-refractivity contribution is -0.211. The minimum absolute atomic E-state index is 0.118. The van der Waals surface area contributed by atoms with Gasteiger partial charge in [-0.1, -0.05) is 91.0 Å². The van der Waals surface area contributed by atoms with Gasteiger partial charge in [-0.15, -0.1) is 0 Å². The van der Waals surface area contributed by atoms with E-state index < -0.39 is 66.0 Å². The summed E-state index contributed by atoms with van der Waals surface area (Å²) in [5.41, 5.74) is -1.01. The Balaban J connectivity index is 1.37. The maximum Gasteiger partial charge on any atom is 0.338 e. The molecule has 1 aliphatic carbocycles. The molecule has 5 aromatic rings. The zero-order chi connectivity index (χ0) is 36.8. The summed E-state index contributed by atoms with van der Waals surface area (Å²) in [5.74, 6) is -4.26. The second kappa shape index (κ2) is 15.3. The van der Waals surface area contributed by atoms with Gasteiger partial charge in [-0.2, -0.15) is 0 Å². The highest BCUT2D eigenvalue weighted by Crippen LogP contribution is 2.49. The second-order valence-electron chi connectivity index (χ2n) is 12.3. The van der Waals surface area contributed by atoms with Crippen LogP contribution in [0.3, 0.4) is 0 Å². The van der Waals surface area contributed by atoms with Crippen molar-refractivity contribution in [2.45, 2.75) is 36.1 Å². The van der Waals surface area contributed by atoms with Gasteiger partial charge in [-0.05, 0) is 60.7 Å². The summed E-state index contributed by atoms with van der Waals surface area (Å²) in [7, 11) is 0. The molecule has 266 valence electrons. The Kier molecular flexibility index (Phi) is 10.1. The lowest BCUT2D eigenvalue weighted by Gasteiger charge is -2.47. The lowest BCUT2D eigenvalue weighted by atomic mass is 9.77. The fourth-order valence-electron chi connectivity index (χ4n) is 6.20. The fourth-order valence-corrected chi connectivity index (χ4v) is 6.20. The maximum absolute atomic E-state index is 13.8. The molecule has 0 aromatic heterocycles. The van der Waals surface area contributed by atoms with Crippen LogP contribution in [0.15, 0.2) is 152 Å². The molecule has 1 spiro atoms. The Morgan fingerprint density at radius 2 is 0.604 bits per heavy atom. The summed E-state index contributed by atoms with van der Waals surface area (Å²) in [4.78, 5) is 69.0. The van der Waals surface area contributed by atoms with E-state index in [9.17, 15) is 24.0 Å². The van der Waals surface area contributed by atoms with Crippen LogP contribution in [0, 0.1) is 0 Å². The summed E-state index contributed by atoms with van der Waals surface area (Å²) in [5, 5.41) is 0. The van der Waals surface area contributed by atoms with E-state index in [4.69, 9.17) is 28.4 Å². The number of carbonyl (C=O) groups excluding carboxylic acids is 5. The highest BCUT2D eigenvalue weighted by Gasteiger charge is 2.74. The van der Waals surface area contributed by atoms with Crippen molar-refractivity contribution < 1.29 is 52.4 Å². The monoisotopic (exact) mass is 712 g/mol. The molecular formula is C42H32O11. The van der Waals surface area contributed by atoms with Crippen LogP contribution in [0.5, 0.6) is 0 Å². The molecule has 0 bridgehead atoms. The van der Waals surface area contributed by atoms with Gasteiger partial charge in [-0.25, -0.2) is 24.0 Å². The molecule has 1 heterocycles. The molecule has 0 radical (unpaired) electrons. The van der Waals surface area contributed by atoms with Gasteiger partial charge in [0.25, 0.3) is 0 Å². The van der Waals surface area contributed by atoms with Gasteiger partial charge in [0.15, 0.2) is 36.1 Å². The minimum atomic E-state index is -1.71. The molecule has 11 nitrogen and oxygen atoms in total. The van der Waals surface area contributed by atoms with E-state index in [0.717, 1.165) is 0 Å². The van der Waals surface area contributed by atoms with Crippen molar-refractivity contribution >= 4 is 29.8 Å². The van der Waals surface area contributed by atoms with Crippen molar-refractivity contribution in [3.63, 3.8) is 0 Å². The molecule has 1 saturated carbocycles. The summed E-state index contributed by atoms with van der Waals surface area (Å²) >= 11 is 0. The van der Waals surface area contributed by atoms with Gasteiger partial charge in [0.05, 0.1) is 34.4 Å². The van der Waals surface area contributed by atoms with Crippen LogP contribution in [0.4, 0.5) is 0 Å². The normalized spacial score (nSPS) is 22.8. The maximum atomic E-state index is 13.8. The molecule has 2 unspecified atom stereocenters. The van der Waals surface area contributed by atoms with Crippen molar-refractivity contribution in [1.82, 2.24) is 0 Å².